The van der Waals surface area contributed by atoms with E-state index in [1.54, 1.807) is 4.68 Å². The molecule has 69 heavy (non-hydrogen) atoms. The molecule has 0 radical (unpaired) electrons. The van der Waals surface area contributed by atoms with Gasteiger partial charge in [0, 0.05) is 31.2 Å². The summed E-state index contributed by atoms with van der Waals surface area (Å²) in [7, 11) is -4.15. The zero-order chi connectivity index (χ0) is 50.2. The smallest absolute Gasteiger partial charge is 0.320 e. The fourth-order valence-electron chi connectivity index (χ4n) is 12.0. The van der Waals surface area contributed by atoms with Crippen molar-refractivity contribution >= 4 is 51.7 Å². The predicted molar refractivity (Wildman–Crippen MR) is 288 cm³/mol. The van der Waals surface area contributed by atoms with Gasteiger partial charge in [-0.25, -0.2) is 9.48 Å². The van der Waals surface area contributed by atoms with Crippen LogP contribution < -0.4 is 24.7 Å². The molecule has 5 aromatic rings. The second kappa shape index (κ2) is 21.1. The number of carbonyl (C=O) groups is 1. The number of rotatable bonds is 17. The van der Waals surface area contributed by atoms with E-state index in [-0.39, 0.29) is 23.6 Å². The Labute approximate surface area is 419 Å². The van der Waals surface area contributed by atoms with Crippen LogP contribution in [0.4, 0.5) is 16.6 Å². The van der Waals surface area contributed by atoms with Gasteiger partial charge in [-0.05, 0) is 106 Å². The molecule has 2 N–H and O–H groups in total. The Bertz CT molecular complexity index is 2500. The minimum Gasteiger partial charge on any atom is -0.542 e. The number of anilines is 2. The van der Waals surface area contributed by atoms with Crippen LogP contribution in [0.5, 0.6) is 11.5 Å². The minimum absolute atomic E-state index is 0.199. The van der Waals surface area contributed by atoms with Crippen LogP contribution in [0.3, 0.4) is 0 Å². The van der Waals surface area contributed by atoms with Gasteiger partial charge in [0.05, 0.1) is 28.6 Å². The Morgan fingerprint density at radius 3 is 1.99 bits per heavy atom. The van der Waals surface area contributed by atoms with Crippen molar-refractivity contribution in [2.24, 2.45) is 5.92 Å². The zero-order valence-electron chi connectivity index (χ0n) is 44.2. The summed E-state index contributed by atoms with van der Waals surface area (Å²) in [6.45, 7) is 36.8. The number of nitrogens with zero attached hydrogens (tertiary/aromatic N) is 6. The first kappa shape index (κ1) is 52.4. The van der Waals surface area contributed by atoms with Crippen molar-refractivity contribution in [2.45, 2.75) is 180 Å². The maximum absolute atomic E-state index is 14.0. The number of ether oxygens (including phenoxy) is 1. The zero-order valence-corrected chi connectivity index (χ0v) is 46.9. The summed E-state index contributed by atoms with van der Waals surface area (Å²) >= 11 is 7.03. The number of nitrogens with one attached hydrogen (secondary N) is 2. The highest BCUT2D eigenvalue weighted by Gasteiger charge is 2.48. The molecular formula is C54H81ClN8O4Si2. The molecule has 2 amide bonds. The molecule has 1 aliphatic heterocycles. The second-order valence-corrected chi connectivity index (χ2v) is 34.0. The van der Waals surface area contributed by atoms with Crippen LogP contribution in [0.25, 0.3) is 11.3 Å². The number of urea groups is 1. The number of carbonyl (C=O) groups excluding carboxylic acids is 1. The van der Waals surface area contributed by atoms with Crippen molar-refractivity contribution in [3.63, 3.8) is 0 Å². The Morgan fingerprint density at radius 2 is 1.39 bits per heavy atom. The summed E-state index contributed by atoms with van der Waals surface area (Å²) in [5.41, 5.74) is 7.13. The van der Waals surface area contributed by atoms with Crippen LogP contribution >= 0.6 is 11.6 Å². The third kappa shape index (κ3) is 10.8. The van der Waals surface area contributed by atoms with Crippen LogP contribution in [0.1, 0.15) is 159 Å². The van der Waals surface area contributed by atoms with E-state index in [0.29, 0.717) is 68.6 Å². The first-order chi connectivity index (χ1) is 32.6. The van der Waals surface area contributed by atoms with Crippen LogP contribution in [0, 0.1) is 5.92 Å². The number of hydrogen-bond acceptors (Lipinski definition) is 8. The third-order valence-electron chi connectivity index (χ3n) is 15.4. The number of benzene rings is 2. The summed E-state index contributed by atoms with van der Waals surface area (Å²) < 4.78 is 24.6. The van der Waals surface area contributed by atoms with Gasteiger partial charge in [0.15, 0.2) is 14.0 Å². The SMILES string of the molecule is CC(C)[Si](OCC1CCN(c2nnc3ccc(O[C@@H]4CC[C@H](NC(=O)Nc5cc(C(C)(C)C)nn5-c5ccc(O[Si](C(C)C)(C(C)C)C(C)C)c(Cl)c5)c5ccccc54)cn23)CC1)(C(C)C)C(C)C. The first-order valence-electron chi connectivity index (χ1n) is 25.7. The van der Waals surface area contributed by atoms with Crippen molar-refractivity contribution in [2.75, 3.05) is 29.9 Å². The highest BCUT2D eigenvalue weighted by atomic mass is 35.5. The maximum Gasteiger partial charge on any atom is 0.320 e. The van der Waals surface area contributed by atoms with Crippen molar-refractivity contribution in [1.82, 2.24) is 29.7 Å². The molecule has 3 aromatic heterocycles. The average molecular weight is 998 g/mol. The van der Waals surface area contributed by atoms with Crippen molar-refractivity contribution in [3.8, 4) is 17.2 Å². The summed E-state index contributed by atoms with van der Waals surface area (Å²) in [6.07, 6.45) is 5.36. The molecule has 376 valence electrons. The van der Waals surface area contributed by atoms with Crippen molar-refractivity contribution in [3.05, 3.63) is 88.7 Å². The van der Waals surface area contributed by atoms with Gasteiger partial charge in [-0.15, -0.1) is 10.2 Å². The molecular weight excluding hydrogens is 916 g/mol. The van der Waals surface area contributed by atoms with Gasteiger partial charge in [0.2, 0.25) is 5.95 Å². The van der Waals surface area contributed by atoms with E-state index in [9.17, 15) is 4.79 Å². The monoisotopic (exact) mass is 997 g/mol. The topological polar surface area (TPSA) is 120 Å². The molecule has 2 aromatic carbocycles. The highest BCUT2D eigenvalue weighted by molar-refractivity contribution is 6.78. The van der Waals surface area contributed by atoms with E-state index in [1.165, 1.54) is 0 Å². The molecule has 1 aliphatic carbocycles. The summed E-state index contributed by atoms with van der Waals surface area (Å²) in [6, 6.07) is 19.4. The van der Waals surface area contributed by atoms with E-state index < -0.39 is 16.6 Å². The van der Waals surface area contributed by atoms with E-state index in [4.69, 9.17) is 30.3 Å². The normalized spacial score (nSPS) is 17.5. The number of amides is 2. The van der Waals surface area contributed by atoms with Crippen LogP contribution in [-0.4, -0.2) is 66.7 Å². The number of pyridine rings is 1. The molecule has 0 unspecified atom stereocenters. The maximum atomic E-state index is 14.0. The Hall–Kier alpha value is -4.38. The lowest BCUT2D eigenvalue weighted by molar-refractivity contribution is 0.171. The fourth-order valence-corrected chi connectivity index (χ4v) is 23.1. The minimum atomic E-state index is -2.24. The van der Waals surface area contributed by atoms with E-state index >= 15 is 0 Å². The molecule has 15 heteroatoms. The van der Waals surface area contributed by atoms with Crippen LogP contribution in [0.15, 0.2) is 66.9 Å². The summed E-state index contributed by atoms with van der Waals surface area (Å²) in [5, 5.41) is 21.1. The van der Waals surface area contributed by atoms with Gasteiger partial charge in [-0.2, -0.15) is 5.10 Å². The average Bonchev–Trinajstić information content (AvgIpc) is 3.91. The molecule has 0 spiro atoms. The molecule has 0 saturated carbocycles. The number of hydrogen-bond donors (Lipinski definition) is 2. The number of fused-ring (bicyclic) bond motifs is 2. The van der Waals surface area contributed by atoms with Crippen molar-refractivity contribution in [1.29, 1.82) is 0 Å². The van der Waals surface area contributed by atoms with E-state index in [0.717, 1.165) is 72.4 Å². The first-order valence-corrected chi connectivity index (χ1v) is 30.4. The lowest BCUT2D eigenvalue weighted by Crippen LogP contribution is -2.50. The second-order valence-electron chi connectivity index (χ2n) is 22.7. The van der Waals surface area contributed by atoms with Gasteiger partial charge in [0.25, 0.3) is 8.32 Å². The number of piperidine rings is 1. The molecule has 2 aliphatic rings. The fraction of sp³-hybridized carbons (Fsp3) is 0.593. The van der Waals surface area contributed by atoms with Gasteiger partial charge < -0.3 is 23.8 Å². The van der Waals surface area contributed by atoms with Gasteiger partial charge in [-0.1, -0.05) is 140 Å². The van der Waals surface area contributed by atoms with E-state index in [2.05, 4.69) is 146 Å². The molecule has 0 bridgehead atoms. The Balaban J connectivity index is 1.03. The molecule has 1 saturated heterocycles. The molecule has 1 fully saturated rings. The highest BCUT2D eigenvalue weighted by Crippen LogP contribution is 2.46. The van der Waals surface area contributed by atoms with Gasteiger partial charge in [-0.3, -0.25) is 9.72 Å². The Morgan fingerprint density at radius 1 is 0.768 bits per heavy atom. The number of halogens is 1. The Kier molecular flexibility index (Phi) is 16.1. The van der Waals surface area contributed by atoms with Crippen LogP contribution in [-0.2, 0) is 9.84 Å². The predicted octanol–water partition coefficient (Wildman–Crippen LogP) is 14.6. The lowest BCUT2D eigenvalue weighted by Gasteiger charge is -2.43. The quantitative estimate of drug-likeness (QED) is 0.0884. The van der Waals surface area contributed by atoms with E-state index in [1.807, 2.05) is 54.7 Å². The molecule has 4 heterocycles. The van der Waals surface area contributed by atoms with Crippen molar-refractivity contribution < 1.29 is 18.4 Å². The third-order valence-corrected chi connectivity index (χ3v) is 27.8. The number of aromatic nitrogens is 5. The molecule has 12 nitrogen and oxygen atoms in total. The lowest BCUT2D eigenvalue weighted by atomic mass is 9.85. The summed E-state index contributed by atoms with van der Waals surface area (Å²) in [4.78, 5) is 16.4. The van der Waals surface area contributed by atoms with Gasteiger partial charge in [0.1, 0.15) is 23.4 Å². The molecule has 7 rings (SSSR count). The van der Waals surface area contributed by atoms with Crippen LogP contribution in [0.2, 0.25) is 38.3 Å². The standard InChI is InChI=1S/C54H81ClN8O4Si2/c1-34(2)68(35(3)4,36(5)6)65-33-40-26-28-61(29-27-40)53-59-58-50-25-21-42(32-62(50)53)66-47-24-22-46(43-18-16-17-19-44(43)47)56-52(64)57-51-31-49(54(13,14)15)60-63(51)41-20-23-48(45(55)30-41)67-69(37(7)8,38(9)10)39(11)12/h16-21,23,25,30-32,34-40,46-47H,22,24,26-29,33H2,1-15H3,(H2,56,57,64)/t46-,47+/m0/s1. The largest absolute Gasteiger partial charge is 0.542 e. The molecule has 2 atom stereocenters. The summed E-state index contributed by atoms with van der Waals surface area (Å²) in [5.74, 6) is 3.37. The van der Waals surface area contributed by atoms with Gasteiger partial charge >= 0.3 is 6.03 Å².